The van der Waals surface area contributed by atoms with Gasteiger partial charge in [0.05, 0.1) is 6.54 Å². The molecule has 0 saturated carbocycles. The predicted octanol–water partition coefficient (Wildman–Crippen LogP) is 2.56. The van der Waals surface area contributed by atoms with Crippen molar-refractivity contribution in [3.63, 3.8) is 0 Å². The fourth-order valence-corrected chi connectivity index (χ4v) is 1.77. The van der Waals surface area contributed by atoms with Crippen LogP contribution in [0.1, 0.15) is 12.5 Å². The summed E-state index contributed by atoms with van der Waals surface area (Å²) in [6, 6.07) is 2.03. The molecule has 0 aromatic heterocycles. The van der Waals surface area contributed by atoms with E-state index in [1.807, 2.05) is 0 Å². The maximum atomic E-state index is 13.7. The van der Waals surface area contributed by atoms with E-state index < -0.39 is 30.3 Å². The van der Waals surface area contributed by atoms with E-state index in [4.69, 9.17) is 5.73 Å². The highest BCUT2D eigenvalue weighted by molar-refractivity contribution is 5.50. The third kappa shape index (κ3) is 3.87. The van der Waals surface area contributed by atoms with Crippen molar-refractivity contribution in [3.8, 4) is 0 Å². The molecule has 0 fully saturated rings. The Hall–Kier alpha value is -1.30. The highest BCUT2D eigenvalue weighted by Crippen LogP contribution is 2.25. The highest BCUT2D eigenvalue weighted by atomic mass is 19.3. The fraction of sp³-hybridized carbons (Fsp3) is 0.500. The summed E-state index contributed by atoms with van der Waals surface area (Å²) in [5.41, 5.74) is 5.50. The molecule has 6 heteroatoms. The minimum absolute atomic E-state index is 0.228. The van der Waals surface area contributed by atoms with Crippen LogP contribution in [0.3, 0.4) is 0 Å². The van der Waals surface area contributed by atoms with Crippen molar-refractivity contribution in [2.24, 2.45) is 5.73 Å². The molecule has 2 nitrogen and oxygen atoms in total. The van der Waals surface area contributed by atoms with Crippen LogP contribution in [0.4, 0.5) is 23.2 Å². The lowest BCUT2D eigenvalue weighted by Gasteiger charge is -2.20. The van der Waals surface area contributed by atoms with Crippen molar-refractivity contribution in [3.05, 3.63) is 29.3 Å². The molecule has 1 atom stereocenters. The van der Waals surface area contributed by atoms with Gasteiger partial charge in [-0.3, -0.25) is 0 Å². The van der Waals surface area contributed by atoms with E-state index >= 15 is 0 Å². The Labute approximate surface area is 103 Å². The quantitative estimate of drug-likeness (QED) is 0.828. The van der Waals surface area contributed by atoms with Crippen LogP contribution in [-0.2, 0) is 6.42 Å². The van der Waals surface area contributed by atoms with Gasteiger partial charge in [-0.15, -0.1) is 0 Å². The number of halogens is 4. The van der Waals surface area contributed by atoms with Crippen molar-refractivity contribution in [2.45, 2.75) is 25.8 Å². The third-order valence-corrected chi connectivity index (χ3v) is 2.43. The Kier molecular flexibility index (Phi) is 4.95. The van der Waals surface area contributed by atoms with Crippen molar-refractivity contribution in [1.82, 2.24) is 0 Å². The summed E-state index contributed by atoms with van der Waals surface area (Å²) in [6.07, 6.45) is -2.33. The molecule has 0 aliphatic rings. The predicted molar refractivity (Wildman–Crippen MR) is 63.0 cm³/mol. The molecule has 1 aromatic carbocycles. The van der Waals surface area contributed by atoms with Crippen LogP contribution in [-0.4, -0.2) is 26.1 Å². The molecule has 102 valence electrons. The zero-order chi connectivity index (χ0) is 13.9. The van der Waals surface area contributed by atoms with Crippen LogP contribution < -0.4 is 10.6 Å². The lowest BCUT2D eigenvalue weighted by atomic mass is 10.1. The van der Waals surface area contributed by atoms with Gasteiger partial charge in [0, 0.05) is 13.1 Å². The smallest absolute Gasteiger partial charge is 0.255 e. The Morgan fingerprint density at radius 3 is 2.11 bits per heavy atom. The summed E-state index contributed by atoms with van der Waals surface area (Å²) in [6.45, 7) is 0.993. The molecule has 1 unspecified atom stereocenters. The maximum absolute atomic E-state index is 13.7. The highest BCUT2D eigenvalue weighted by Gasteiger charge is 2.18. The first-order chi connectivity index (χ1) is 8.31. The maximum Gasteiger partial charge on any atom is 0.255 e. The first kappa shape index (κ1) is 14.8. The van der Waals surface area contributed by atoms with Gasteiger partial charge in [-0.05, 0) is 31.0 Å². The van der Waals surface area contributed by atoms with Gasteiger partial charge >= 0.3 is 0 Å². The first-order valence-electron chi connectivity index (χ1n) is 5.54. The normalized spacial score (nSPS) is 12.9. The zero-order valence-corrected chi connectivity index (χ0v) is 10.3. The van der Waals surface area contributed by atoms with E-state index in [1.165, 1.54) is 7.05 Å². The first-order valence-corrected chi connectivity index (χ1v) is 5.54. The number of nitrogens with zero attached hydrogens (tertiary/aromatic N) is 1. The molecule has 0 aliphatic carbocycles. The summed E-state index contributed by atoms with van der Waals surface area (Å²) < 4.78 is 51.8. The monoisotopic (exact) mass is 264 g/mol. The molecular weight excluding hydrogens is 248 g/mol. The van der Waals surface area contributed by atoms with Crippen molar-refractivity contribution in [1.29, 1.82) is 0 Å². The number of nitrogens with two attached hydrogens (primary N) is 1. The van der Waals surface area contributed by atoms with Gasteiger partial charge in [-0.1, -0.05) is 0 Å². The molecule has 0 bridgehead atoms. The Morgan fingerprint density at radius 1 is 1.22 bits per heavy atom. The molecule has 0 radical (unpaired) electrons. The Bertz CT molecular complexity index is 384. The molecule has 18 heavy (non-hydrogen) atoms. The number of alkyl halides is 2. The van der Waals surface area contributed by atoms with Crippen LogP contribution in [0, 0.1) is 11.6 Å². The summed E-state index contributed by atoms with van der Waals surface area (Å²) in [5, 5.41) is 0. The molecular formula is C12H16F4N2. The molecule has 0 aliphatic heterocycles. The number of rotatable bonds is 5. The second-order valence-corrected chi connectivity index (χ2v) is 4.36. The second kappa shape index (κ2) is 6.04. The molecule has 0 amide bonds. The number of anilines is 1. The van der Waals surface area contributed by atoms with E-state index in [2.05, 4.69) is 0 Å². The minimum atomic E-state index is -2.66. The van der Waals surface area contributed by atoms with Crippen molar-refractivity contribution < 1.29 is 17.6 Å². The standard InChI is InChI=1S/C12H16F4N2/c1-7(17)3-8-4-9(13)12(10(14)5-8)18(2)6-11(15)16/h4-5,7,11H,3,6,17H2,1-2H3. The largest absolute Gasteiger partial charge is 0.364 e. The van der Waals surface area contributed by atoms with Crippen LogP contribution >= 0.6 is 0 Å². The van der Waals surface area contributed by atoms with Gasteiger partial charge in [-0.2, -0.15) is 0 Å². The van der Waals surface area contributed by atoms with E-state index in [0.717, 1.165) is 17.0 Å². The summed E-state index contributed by atoms with van der Waals surface area (Å²) in [4.78, 5) is 0.866. The van der Waals surface area contributed by atoms with Gasteiger partial charge in [-0.25, -0.2) is 17.6 Å². The molecule has 1 aromatic rings. The van der Waals surface area contributed by atoms with Gasteiger partial charge < -0.3 is 10.6 Å². The van der Waals surface area contributed by atoms with E-state index in [-0.39, 0.29) is 6.04 Å². The van der Waals surface area contributed by atoms with Gasteiger partial charge in [0.2, 0.25) is 0 Å². The van der Waals surface area contributed by atoms with Crippen LogP contribution in [0.25, 0.3) is 0 Å². The van der Waals surface area contributed by atoms with Crippen molar-refractivity contribution in [2.75, 3.05) is 18.5 Å². The lowest BCUT2D eigenvalue weighted by Crippen LogP contribution is -2.26. The average Bonchev–Trinajstić information content (AvgIpc) is 2.12. The van der Waals surface area contributed by atoms with E-state index in [0.29, 0.717) is 12.0 Å². The van der Waals surface area contributed by atoms with E-state index in [9.17, 15) is 17.6 Å². The molecule has 0 heterocycles. The summed E-state index contributed by atoms with van der Waals surface area (Å²) in [7, 11) is 1.22. The lowest BCUT2D eigenvalue weighted by molar-refractivity contribution is 0.156. The second-order valence-electron chi connectivity index (χ2n) is 4.36. The number of hydrogen-bond acceptors (Lipinski definition) is 2. The van der Waals surface area contributed by atoms with Crippen molar-refractivity contribution >= 4 is 5.69 Å². The Morgan fingerprint density at radius 2 is 1.72 bits per heavy atom. The van der Waals surface area contributed by atoms with Gasteiger partial charge in [0.1, 0.15) is 17.3 Å². The molecule has 0 saturated heterocycles. The van der Waals surface area contributed by atoms with Gasteiger partial charge in [0.25, 0.3) is 6.43 Å². The van der Waals surface area contributed by atoms with Crippen LogP contribution in [0.2, 0.25) is 0 Å². The average molecular weight is 264 g/mol. The number of hydrogen-bond donors (Lipinski definition) is 1. The van der Waals surface area contributed by atoms with Crippen LogP contribution in [0.15, 0.2) is 12.1 Å². The van der Waals surface area contributed by atoms with Gasteiger partial charge in [0.15, 0.2) is 0 Å². The third-order valence-electron chi connectivity index (χ3n) is 2.43. The molecule has 0 spiro atoms. The SMILES string of the molecule is CC(N)Cc1cc(F)c(N(C)CC(F)F)c(F)c1. The Balaban J connectivity index is 3.00. The summed E-state index contributed by atoms with van der Waals surface area (Å²) in [5.74, 6) is -1.71. The fourth-order valence-electron chi connectivity index (χ4n) is 1.77. The van der Waals surface area contributed by atoms with E-state index in [1.54, 1.807) is 6.92 Å². The topological polar surface area (TPSA) is 29.3 Å². The minimum Gasteiger partial charge on any atom is -0.364 e. The number of benzene rings is 1. The van der Waals surface area contributed by atoms with Crippen LogP contribution in [0.5, 0.6) is 0 Å². The zero-order valence-electron chi connectivity index (χ0n) is 10.3. The molecule has 2 N–H and O–H groups in total. The summed E-state index contributed by atoms with van der Waals surface area (Å²) >= 11 is 0. The molecule has 1 rings (SSSR count).